The zero-order valence-electron chi connectivity index (χ0n) is 10.7. The molecular formula is C15H11ClN2O2. The van der Waals surface area contributed by atoms with Gasteiger partial charge in [-0.25, -0.2) is 9.48 Å². The van der Waals surface area contributed by atoms with E-state index in [1.165, 1.54) is 4.68 Å². The van der Waals surface area contributed by atoms with Crippen LogP contribution >= 0.6 is 11.6 Å². The third-order valence-electron chi connectivity index (χ3n) is 3.08. The smallest absolute Gasteiger partial charge is 0.354 e. The number of halogens is 1. The number of rotatable bonds is 2. The van der Waals surface area contributed by atoms with Crippen molar-refractivity contribution >= 4 is 28.3 Å². The van der Waals surface area contributed by atoms with E-state index in [2.05, 4.69) is 5.10 Å². The standard InChI is InChI=1S/C15H11ClN2O2/c1-9-6-14(15(19)20)18(17-9)13-5-3-10-7-12(16)4-2-11(10)8-13/h2-8H,1H3,(H,19,20). The number of hydrogen-bond donors (Lipinski definition) is 1. The SMILES string of the molecule is Cc1cc(C(=O)O)n(-c2ccc3cc(Cl)ccc3c2)n1. The molecule has 1 heterocycles. The lowest BCUT2D eigenvalue weighted by Crippen LogP contribution is -2.07. The molecular weight excluding hydrogens is 276 g/mol. The van der Waals surface area contributed by atoms with Crippen LogP contribution < -0.4 is 0 Å². The van der Waals surface area contributed by atoms with Gasteiger partial charge in [-0.2, -0.15) is 5.10 Å². The summed E-state index contributed by atoms with van der Waals surface area (Å²) in [6.45, 7) is 1.77. The van der Waals surface area contributed by atoms with Crippen molar-refractivity contribution in [2.24, 2.45) is 0 Å². The van der Waals surface area contributed by atoms with E-state index in [0.29, 0.717) is 16.4 Å². The minimum Gasteiger partial charge on any atom is -0.477 e. The van der Waals surface area contributed by atoms with Crippen molar-refractivity contribution in [2.45, 2.75) is 6.92 Å². The number of carboxylic acid groups (broad SMARTS) is 1. The number of fused-ring (bicyclic) bond motifs is 1. The van der Waals surface area contributed by atoms with Gasteiger partial charge in [-0.1, -0.05) is 23.7 Å². The highest BCUT2D eigenvalue weighted by Gasteiger charge is 2.14. The molecule has 0 unspecified atom stereocenters. The van der Waals surface area contributed by atoms with Crippen LogP contribution in [0.3, 0.4) is 0 Å². The summed E-state index contributed by atoms with van der Waals surface area (Å²) in [6, 6.07) is 12.8. The van der Waals surface area contributed by atoms with E-state index in [-0.39, 0.29) is 5.69 Å². The van der Waals surface area contributed by atoms with Crippen LogP contribution in [0, 0.1) is 6.92 Å². The Balaban J connectivity index is 2.20. The van der Waals surface area contributed by atoms with Crippen LogP contribution in [0.25, 0.3) is 16.5 Å². The van der Waals surface area contributed by atoms with Gasteiger partial charge in [0, 0.05) is 5.02 Å². The number of hydrogen-bond acceptors (Lipinski definition) is 2. The zero-order valence-corrected chi connectivity index (χ0v) is 11.4. The van der Waals surface area contributed by atoms with Gasteiger partial charge >= 0.3 is 5.97 Å². The summed E-state index contributed by atoms with van der Waals surface area (Å²) in [5, 5.41) is 16.1. The van der Waals surface area contributed by atoms with Crippen LogP contribution in [0.4, 0.5) is 0 Å². The molecule has 100 valence electrons. The Bertz CT molecular complexity index is 824. The molecule has 3 rings (SSSR count). The van der Waals surface area contributed by atoms with E-state index in [1.54, 1.807) is 19.1 Å². The molecule has 0 bridgehead atoms. The highest BCUT2D eigenvalue weighted by molar-refractivity contribution is 6.31. The van der Waals surface area contributed by atoms with Gasteiger partial charge in [0.05, 0.1) is 11.4 Å². The van der Waals surface area contributed by atoms with Gasteiger partial charge in [0.25, 0.3) is 0 Å². The predicted octanol–water partition coefficient (Wildman–Crippen LogP) is 3.69. The molecule has 0 saturated carbocycles. The Morgan fingerprint density at radius 1 is 1.15 bits per heavy atom. The first-order valence-electron chi connectivity index (χ1n) is 6.04. The van der Waals surface area contributed by atoms with Crippen LogP contribution in [0.15, 0.2) is 42.5 Å². The van der Waals surface area contributed by atoms with Crippen LogP contribution in [-0.4, -0.2) is 20.9 Å². The molecule has 0 atom stereocenters. The quantitative estimate of drug-likeness (QED) is 0.782. The molecule has 0 aliphatic heterocycles. The molecule has 20 heavy (non-hydrogen) atoms. The lowest BCUT2D eigenvalue weighted by atomic mass is 10.1. The van der Waals surface area contributed by atoms with E-state index >= 15 is 0 Å². The lowest BCUT2D eigenvalue weighted by Gasteiger charge is -2.06. The number of nitrogens with zero attached hydrogens (tertiary/aromatic N) is 2. The van der Waals surface area contributed by atoms with Crippen LogP contribution in [0.5, 0.6) is 0 Å². The largest absolute Gasteiger partial charge is 0.477 e. The predicted molar refractivity (Wildman–Crippen MR) is 77.8 cm³/mol. The van der Waals surface area contributed by atoms with Crippen molar-refractivity contribution in [1.82, 2.24) is 9.78 Å². The van der Waals surface area contributed by atoms with E-state index in [9.17, 15) is 9.90 Å². The van der Waals surface area contributed by atoms with Gasteiger partial charge in [0.2, 0.25) is 0 Å². The summed E-state index contributed by atoms with van der Waals surface area (Å²) in [7, 11) is 0. The summed E-state index contributed by atoms with van der Waals surface area (Å²) in [5.74, 6) is -0.998. The summed E-state index contributed by atoms with van der Waals surface area (Å²) in [5.41, 5.74) is 1.53. The first-order valence-corrected chi connectivity index (χ1v) is 6.42. The molecule has 1 N–H and O–H groups in total. The van der Waals surface area contributed by atoms with Crippen LogP contribution in [0.2, 0.25) is 5.02 Å². The Hall–Kier alpha value is -2.33. The zero-order chi connectivity index (χ0) is 14.3. The van der Waals surface area contributed by atoms with E-state index in [4.69, 9.17) is 11.6 Å². The van der Waals surface area contributed by atoms with Crippen molar-refractivity contribution in [3.8, 4) is 5.69 Å². The maximum Gasteiger partial charge on any atom is 0.354 e. The van der Waals surface area contributed by atoms with Gasteiger partial charge in [-0.3, -0.25) is 0 Å². The Kier molecular flexibility index (Phi) is 2.95. The molecule has 5 heteroatoms. The van der Waals surface area contributed by atoms with E-state index in [0.717, 1.165) is 10.8 Å². The molecule has 0 fully saturated rings. The molecule has 0 aliphatic carbocycles. The Morgan fingerprint density at radius 2 is 1.85 bits per heavy atom. The van der Waals surface area contributed by atoms with Gasteiger partial charge in [0.15, 0.2) is 5.69 Å². The second-order valence-corrected chi connectivity index (χ2v) is 5.00. The van der Waals surface area contributed by atoms with Crippen LogP contribution in [-0.2, 0) is 0 Å². The van der Waals surface area contributed by atoms with Crippen molar-refractivity contribution in [1.29, 1.82) is 0 Å². The van der Waals surface area contributed by atoms with Crippen LogP contribution in [0.1, 0.15) is 16.2 Å². The third kappa shape index (κ3) is 2.14. The first-order chi connectivity index (χ1) is 9.54. The molecule has 2 aromatic carbocycles. The molecule has 1 aromatic heterocycles. The highest BCUT2D eigenvalue weighted by Crippen LogP contribution is 2.23. The normalized spacial score (nSPS) is 10.9. The molecule has 3 aromatic rings. The summed E-state index contributed by atoms with van der Waals surface area (Å²) in [6.07, 6.45) is 0. The fourth-order valence-corrected chi connectivity index (χ4v) is 2.36. The molecule has 0 spiro atoms. The number of benzene rings is 2. The van der Waals surface area contributed by atoms with Crippen molar-refractivity contribution < 1.29 is 9.90 Å². The van der Waals surface area contributed by atoms with Crippen molar-refractivity contribution in [2.75, 3.05) is 0 Å². The monoisotopic (exact) mass is 286 g/mol. The summed E-state index contributed by atoms with van der Waals surface area (Å²) in [4.78, 5) is 11.2. The van der Waals surface area contributed by atoms with Gasteiger partial charge in [-0.15, -0.1) is 0 Å². The first kappa shape index (κ1) is 12.7. The van der Waals surface area contributed by atoms with Gasteiger partial charge in [-0.05, 0) is 48.0 Å². The fraction of sp³-hybridized carbons (Fsp3) is 0.0667. The average molecular weight is 287 g/mol. The minimum atomic E-state index is -0.998. The topological polar surface area (TPSA) is 55.1 Å². The second-order valence-electron chi connectivity index (χ2n) is 4.56. The van der Waals surface area contributed by atoms with E-state index in [1.807, 2.05) is 30.3 Å². The maximum atomic E-state index is 11.2. The Labute approximate surface area is 120 Å². The number of carboxylic acids is 1. The number of aromatic nitrogens is 2. The summed E-state index contributed by atoms with van der Waals surface area (Å²) >= 11 is 5.95. The third-order valence-corrected chi connectivity index (χ3v) is 3.32. The minimum absolute atomic E-state index is 0.149. The number of aromatic carboxylic acids is 1. The van der Waals surface area contributed by atoms with Crippen molar-refractivity contribution in [3.05, 3.63) is 58.9 Å². The summed E-state index contributed by atoms with van der Waals surface area (Å²) < 4.78 is 1.44. The highest BCUT2D eigenvalue weighted by atomic mass is 35.5. The maximum absolute atomic E-state index is 11.2. The number of aryl methyl sites for hydroxylation is 1. The van der Waals surface area contributed by atoms with Gasteiger partial charge in [0.1, 0.15) is 0 Å². The van der Waals surface area contributed by atoms with E-state index < -0.39 is 5.97 Å². The Morgan fingerprint density at radius 3 is 2.60 bits per heavy atom. The fourth-order valence-electron chi connectivity index (χ4n) is 2.18. The van der Waals surface area contributed by atoms with Gasteiger partial charge < -0.3 is 5.11 Å². The molecule has 0 aliphatic rings. The molecule has 4 nitrogen and oxygen atoms in total. The lowest BCUT2D eigenvalue weighted by molar-refractivity contribution is 0.0687. The molecule has 0 radical (unpaired) electrons. The second kappa shape index (κ2) is 4.65. The number of carbonyl (C=O) groups is 1. The average Bonchev–Trinajstić information content (AvgIpc) is 2.80. The molecule has 0 saturated heterocycles. The van der Waals surface area contributed by atoms with Crippen molar-refractivity contribution in [3.63, 3.8) is 0 Å². The molecule has 0 amide bonds.